The summed E-state index contributed by atoms with van der Waals surface area (Å²) >= 11 is 0. The molecule has 2 N–H and O–H groups in total. The van der Waals surface area contributed by atoms with Crippen LogP contribution in [0.15, 0.2) is 42.5 Å². The normalized spacial score (nSPS) is 13.0. The van der Waals surface area contributed by atoms with Gasteiger partial charge in [0.1, 0.15) is 11.5 Å². The molecule has 0 spiro atoms. The Morgan fingerprint density at radius 2 is 1.26 bits per heavy atom. The summed E-state index contributed by atoms with van der Waals surface area (Å²) in [6.45, 7) is 4.33. The summed E-state index contributed by atoms with van der Waals surface area (Å²) in [5.41, 5.74) is 4.12. The second kappa shape index (κ2) is 14.0. The third-order valence-corrected chi connectivity index (χ3v) is 7.71. The van der Waals surface area contributed by atoms with Crippen molar-refractivity contribution in [1.29, 1.82) is 0 Å². The van der Waals surface area contributed by atoms with E-state index >= 15 is 0 Å². The van der Waals surface area contributed by atoms with E-state index in [1.54, 1.807) is 24.3 Å². The third kappa shape index (κ3) is 8.11. The number of halogens is 7. The van der Waals surface area contributed by atoms with E-state index in [1.807, 2.05) is 32.2 Å². The number of nitrogens with zero attached hydrogens (tertiary/aromatic N) is 2. The van der Waals surface area contributed by atoms with E-state index < -0.39 is 30.9 Å². The van der Waals surface area contributed by atoms with Gasteiger partial charge < -0.3 is 19.7 Å². The number of alkyl halides is 7. The Morgan fingerprint density at radius 3 is 1.86 bits per heavy atom. The first-order chi connectivity index (χ1) is 19.7. The van der Waals surface area contributed by atoms with Gasteiger partial charge in [0.05, 0.1) is 5.69 Å². The van der Waals surface area contributed by atoms with E-state index in [9.17, 15) is 40.9 Å². The van der Waals surface area contributed by atoms with Crippen molar-refractivity contribution < 1.29 is 40.9 Å². The molecule has 0 bridgehead atoms. The number of hydrogen-bond acceptors (Lipinski definition) is 3. The number of phenolic OH excluding ortho intramolecular Hbond substituents is 2. The molecule has 4 nitrogen and oxygen atoms in total. The molecule has 3 rings (SSSR count). The van der Waals surface area contributed by atoms with Gasteiger partial charge in [0.25, 0.3) is 0 Å². The van der Waals surface area contributed by atoms with Gasteiger partial charge in [0.15, 0.2) is 0 Å². The van der Waals surface area contributed by atoms with E-state index in [0.717, 1.165) is 66.5 Å². The van der Waals surface area contributed by atoms with Crippen LogP contribution in [0.1, 0.15) is 63.4 Å². The molecule has 0 aliphatic carbocycles. The predicted octanol–water partition coefficient (Wildman–Crippen LogP) is 9.30. The highest BCUT2D eigenvalue weighted by atomic mass is 19.4. The second-order valence-corrected chi connectivity index (χ2v) is 11.0. The van der Waals surface area contributed by atoms with E-state index in [2.05, 4.69) is 9.47 Å². The number of aryl methyl sites for hydroxylation is 2. The quantitative estimate of drug-likeness (QED) is 0.127. The fourth-order valence-electron chi connectivity index (χ4n) is 5.30. The summed E-state index contributed by atoms with van der Waals surface area (Å²) in [6.07, 6.45) is -2.97. The molecule has 1 aromatic heterocycles. The molecule has 0 aliphatic rings. The number of hydrogen-bond donors (Lipinski definition) is 2. The standard InChI is InChI=1S/C31H39F7N2O2/c1-22-26-21-25(42)15-16-27(26)40(28(22)23-11-13-24(41)14-12-23)20-10-6-5-9-19-39(2)18-8-4-3-7-17-29(32,33)30(34,35)31(36,37)38/h11-16,21,41-42H,3-10,17-20H2,1-2H3. The van der Waals surface area contributed by atoms with Gasteiger partial charge in [-0.2, -0.15) is 30.7 Å². The van der Waals surface area contributed by atoms with Gasteiger partial charge in [-0.25, -0.2) is 0 Å². The van der Waals surface area contributed by atoms with Crippen LogP contribution in [0.4, 0.5) is 30.7 Å². The fourth-order valence-corrected chi connectivity index (χ4v) is 5.30. The summed E-state index contributed by atoms with van der Waals surface area (Å²) in [7, 11) is 1.94. The van der Waals surface area contributed by atoms with Crippen LogP contribution in [-0.4, -0.2) is 57.8 Å². The summed E-state index contributed by atoms with van der Waals surface area (Å²) < 4.78 is 91.5. The maximum atomic E-state index is 13.4. The smallest absolute Gasteiger partial charge is 0.459 e. The fraction of sp³-hybridized carbons (Fsp3) is 0.548. The first-order valence-electron chi connectivity index (χ1n) is 14.3. The number of fused-ring (bicyclic) bond motifs is 1. The van der Waals surface area contributed by atoms with Crippen molar-refractivity contribution in [3.8, 4) is 22.8 Å². The predicted molar refractivity (Wildman–Crippen MR) is 150 cm³/mol. The van der Waals surface area contributed by atoms with Gasteiger partial charge in [-0.05, 0) is 106 Å². The first kappa shape index (κ1) is 33.6. The summed E-state index contributed by atoms with van der Waals surface area (Å²) in [4.78, 5) is 2.10. The number of unbranched alkanes of at least 4 members (excludes halogenated alkanes) is 6. The molecule has 0 radical (unpaired) electrons. The summed E-state index contributed by atoms with van der Waals surface area (Å²) in [5, 5.41) is 20.7. The first-order valence-corrected chi connectivity index (χ1v) is 14.3. The molecule has 42 heavy (non-hydrogen) atoms. The van der Waals surface area contributed by atoms with Crippen LogP contribution in [0.25, 0.3) is 22.2 Å². The topological polar surface area (TPSA) is 48.6 Å². The third-order valence-electron chi connectivity index (χ3n) is 7.71. The summed E-state index contributed by atoms with van der Waals surface area (Å²) in [5.74, 6) is -10.7. The van der Waals surface area contributed by atoms with E-state index in [1.165, 1.54) is 0 Å². The molecule has 3 aromatic rings. The Labute approximate surface area is 241 Å². The molecule has 0 fully saturated rings. The number of aromatic nitrogens is 1. The molecule has 0 amide bonds. The molecule has 0 saturated carbocycles. The lowest BCUT2D eigenvalue weighted by Gasteiger charge is -2.28. The van der Waals surface area contributed by atoms with Gasteiger partial charge in [-0.15, -0.1) is 0 Å². The maximum absolute atomic E-state index is 13.4. The van der Waals surface area contributed by atoms with Gasteiger partial charge in [0.2, 0.25) is 0 Å². The molecule has 0 unspecified atom stereocenters. The SMILES string of the molecule is Cc1c(-c2ccc(O)cc2)n(CCCCCCN(C)CCCCCCC(F)(F)C(F)(F)C(F)(F)F)c2ccc(O)cc12. The van der Waals surface area contributed by atoms with Crippen LogP contribution >= 0.6 is 0 Å². The highest BCUT2D eigenvalue weighted by Gasteiger charge is 2.72. The molecule has 11 heteroatoms. The zero-order valence-electron chi connectivity index (χ0n) is 24.0. The minimum absolute atomic E-state index is 0.163. The van der Waals surface area contributed by atoms with Crippen LogP contribution in [0.5, 0.6) is 11.5 Å². The van der Waals surface area contributed by atoms with Gasteiger partial charge in [0, 0.05) is 23.9 Å². The number of aromatic hydroxyl groups is 2. The molecular weight excluding hydrogens is 565 g/mol. The van der Waals surface area contributed by atoms with Gasteiger partial charge in [-0.1, -0.05) is 25.7 Å². The zero-order valence-corrected chi connectivity index (χ0v) is 24.0. The van der Waals surface area contributed by atoms with Crippen molar-refractivity contribution in [2.75, 3.05) is 20.1 Å². The van der Waals surface area contributed by atoms with Crippen molar-refractivity contribution in [3.05, 3.63) is 48.0 Å². The summed E-state index contributed by atoms with van der Waals surface area (Å²) in [6, 6.07) is 12.4. The van der Waals surface area contributed by atoms with Crippen molar-refractivity contribution in [3.63, 3.8) is 0 Å². The Hall–Kier alpha value is -2.95. The zero-order chi connectivity index (χ0) is 31.1. The molecule has 1 heterocycles. The second-order valence-electron chi connectivity index (χ2n) is 11.0. The van der Waals surface area contributed by atoms with E-state index in [0.29, 0.717) is 19.4 Å². The minimum atomic E-state index is -6.27. The Bertz CT molecular complexity index is 1290. The maximum Gasteiger partial charge on any atom is 0.459 e. The van der Waals surface area contributed by atoms with Crippen molar-refractivity contribution in [2.24, 2.45) is 0 Å². The van der Waals surface area contributed by atoms with Gasteiger partial charge in [-0.3, -0.25) is 0 Å². The molecule has 0 saturated heterocycles. The molecule has 0 aliphatic heterocycles. The van der Waals surface area contributed by atoms with Gasteiger partial charge >= 0.3 is 18.0 Å². The lowest BCUT2D eigenvalue weighted by atomic mass is 10.0. The molecule has 2 aromatic carbocycles. The Morgan fingerprint density at radius 1 is 0.714 bits per heavy atom. The van der Waals surface area contributed by atoms with Crippen molar-refractivity contribution >= 4 is 10.9 Å². The van der Waals surface area contributed by atoms with Crippen LogP contribution < -0.4 is 0 Å². The van der Waals surface area contributed by atoms with E-state index in [4.69, 9.17) is 0 Å². The largest absolute Gasteiger partial charge is 0.508 e. The minimum Gasteiger partial charge on any atom is -0.508 e. The number of rotatable bonds is 16. The Balaban J connectivity index is 1.38. The molecule has 0 atom stereocenters. The van der Waals surface area contributed by atoms with Crippen molar-refractivity contribution in [2.45, 2.75) is 89.3 Å². The molecular formula is C31H39F7N2O2. The highest BCUT2D eigenvalue weighted by Crippen LogP contribution is 2.48. The number of phenols is 2. The van der Waals surface area contributed by atoms with E-state index in [-0.39, 0.29) is 17.9 Å². The van der Waals surface area contributed by atoms with Crippen LogP contribution in [0.2, 0.25) is 0 Å². The lowest BCUT2D eigenvalue weighted by molar-refractivity contribution is -0.355. The van der Waals surface area contributed by atoms with Crippen LogP contribution in [0, 0.1) is 6.92 Å². The van der Waals surface area contributed by atoms with Crippen LogP contribution in [0.3, 0.4) is 0 Å². The molecule has 234 valence electrons. The van der Waals surface area contributed by atoms with Crippen molar-refractivity contribution in [1.82, 2.24) is 9.47 Å². The monoisotopic (exact) mass is 604 g/mol. The average Bonchev–Trinajstić information content (AvgIpc) is 3.18. The van der Waals surface area contributed by atoms with Crippen LogP contribution in [-0.2, 0) is 6.54 Å². The highest BCUT2D eigenvalue weighted by molar-refractivity contribution is 5.92. The Kier molecular flexibility index (Phi) is 11.2. The lowest BCUT2D eigenvalue weighted by Crippen LogP contribution is -2.51. The average molecular weight is 605 g/mol. The number of benzene rings is 2.